The second-order valence-electron chi connectivity index (χ2n) is 3.80. The van der Waals surface area contributed by atoms with Gasteiger partial charge >= 0.3 is 0 Å². The van der Waals surface area contributed by atoms with E-state index in [9.17, 15) is 4.39 Å². The van der Waals surface area contributed by atoms with Gasteiger partial charge in [-0.05, 0) is 25.0 Å². The summed E-state index contributed by atoms with van der Waals surface area (Å²) in [6.07, 6.45) is 0.563. The zero-order valence-electron chi connectivity index (χ0n) is 10.6. The van der Waals surface area contributed by atoms with Crippen LogP contribution in [0.4, 0.5) is 4.39 Å². The van der Waals surface area contributed by atoms with Gasteiger partial charge in [0, 0.05) is 12.0 Å². The Kier molecular flexibility index (Phi) is 4.84. The lowest BCUT2D eigenvalue weighted by atomic mass is 10.0. The molecular weight excluding hydrogens is 219 g/mol. The van der Waals surface area contributed by atoms with Gasteiger partial charge in [-0.25, -0.2) is 4.39 Å². The smallest absolute Gasteiger partial charge is 0.163 e. The quantitative estimate of drug-likeness (QED) is 0.748. The number of hydrogen-bond donors (Lipinski definition) is 0. The fourth-order valence-corrected chi connectivity index (χ4v) is 1.68. The van der Waals surface area contributed by atoms with Gasteiger partial charge in [0.15, 0.2) is 11.5 Å². The number of rotatable bonds is 4. The summed E-state index contributed by atoms with van der Waals surface area (Å²) in [5.41, 5.74) is 0.595. The zero-order chi connectivity index (χ0) is 12.8. The van der Waals surface area contributed by atoms with E-state index in [1.54, 1.807) is 13.0 Å². The van der Waals surface area contributed by atoms with E-state index in [0.717, 1.165) is 0 Å². The van der Waals surface area contributed by atoms with Gasteiger partial charge < -0.3 is 9.47 Å². The second kappa shape index (κ2) is 6.15. The standard InChI is InChI=1S/C14H17FO2/c1-5-6-10(2)7-11-8-13(16-3)14(17-4)9-12(11)15/h8-10H,7H2,1-4H3. The first-order chi connectivity index (χ1) is 8.12. The van der Waals surface area contributed by atoms with Gasteiger partial charge in [0.1, 0.15) is 5.82 Å². The van der Waals surface area contributed by atoms with E-state index >= 15 is 0 Å². The van der Waals surface area contributed by atoms with Crippen LogP contribution in [-0.4, -0.2) is 14.2 Å². The number of ether oxygens (including phenoxy) is 2. The third-order valence-corrected chi connectivity index (χ3v) is 2.47. The van der Waals surface area contributed by atoms with Crippen molar-refractivity contribution >= 4 is 0 Å². The molecule has 0 saturated heterocycles. The molecule has 1 atom stereocenters. The molecular formula is C14H17FO2. The van der Waals surface area contributed by atoms with Gasteiger partial charge in [0.05, 0.1) is 14.2 Å². The summed E-state index contributed by atoms with van der Waals surface area (Å²) in [4.78, 5) is 0. The molecule has 0 radical (unpaired) electrons. The van der Waals surface area contributed by atoms with Crippen molar-refractivity contribution in [1.82, 2.24) is 0 Å². The average Bonchev–Trinajstić information content (AvgIpc) is 2.31. The van der Waals surface area contributed by atoms with E-state index in [-0.39, 0.29) is 11.7 Å². The van der Waals surface area contributed by atoms with E-state index in [1.807, 2.05) is 6.92 Å². The van der Waals surface area contributed by atoms with E-state index in [2.05, 4.69) is 11.8 Å². The zero-order valence-corrected chi connectivity index (χ0v) is 10.6. The number of halogens is 1. The van der Waals surface area contributed by atoms with Crippen molar-refractivity contribution < 1.29 is 13.9 Å². The molecule has 1 rings (SSSR count). The molecule has 2 nitrogen and oxygen atoms in total. The van der Waals surface area contributed by atoms with Crippen LogP contribution in [0.3, 0.4) is 0 Å². The Morgan fingerprint density at radius 3 is 2.35 bits per heavy atom. The third kappa shape index (κ3) is 3.39. The largest absolute Gasteiger partial charge is 0.493 e. The summed E-state index contributed by atoms with van der Waals surface area (Å²) in [5, 5.41) is 0. The normalized spacial score (nSPS) is 11.4. The van der Waals surface area contributed by atoms with Crippen LogP contribution in [0.5, 0.6) is 11.5 Å². The third-order valence-electron chi connectivity index (χ3n) is 2.47. The number of benzene rings is 1. The Labute approximate surface area is 102 Å². The van der Waals surface area contributed by atoms with Crippen molar-refractivity contribution in [3.63, 3.8) is 0 Å². The monoisotopic (exact) mass is 236 g/mol. The Bertz CT molecular complexity index is 444. The van der Waals surface area contributed by atoms with Crippen molar-refractivity contribution in [2.45, 2.75) is 20.3 Å². The van der Waals surface area contributed by atoms with Crippen molar-refractivity contribution in [2.24, 2.45) is 5.92 Å². The summed E-state index contributed by atoms with van der Waals surface area (Å²) in [7, 11) is 3.02. The highest BCUT2D eigenvalue weighted by atomic mass is 19.1. The molecule has 0 bridgehead atoms. The topological polar surface area (TPSA) is 18.5 Å². The van der Waals surface area contributed by atoms with Gasteiger partial charge in [0.25, 0.3) is 0 Å². The fourth-order valence-electron chi connectivity index (χ4n) is 1.68. The lowest BCUT2D eigenvalue weighted by molar-refractivity contribution is 0.351. The minimum atomic E-state index is -0.285. The molecule has 3 heteroatoms. The molecule has 0 N–H and O–H groups in total. The van der Waals surface area contributed by atoms with Crippen LogP contribution in [-0.2, 0) is 6.42 Å². The van der Waals surface area contributed by atoms with Crippen LogP contribution in [0.15, 0.2) is 12.1 Å². The highest BCUT2D eigenvalue weighted by Crippen LogP contribution is 2.30. The predicted molar refractivity (Wildman–Crippen MR) is 65.8 cm³/mol. The molecule has 0 fully saturated rings. The highest BCUT2D eigenvalue weighted by Gasteiger charge is 2.12. The molecule has 0 amide bonds. The van der Waals surface area contributed by atoms with Crippen LogP contribution >= 0.6 is 0 Å². The van der Waals surface area contributed by atoms with Crippen LogP contribution in [0.2, 0.25) is 0 Å². The molecule has 92 valence electrons. The van der Waals surface area contributed by atoms with E-state index in [0.29, 0.717) is 23.5 Å². The summed E-state index contributed by atoms with van der Waals surface area (Å²) in [6, 6.07) is 3.02. The van der Waals surface area contributed by atoms with Crippen molar-refractivity contribution in [3.8, 4) is 23.3 Å². The highest BCUT2D eigenvalue weighted by molar-refractivity contribution is 5.44. The first-order valence-corrected chi connectivity index (χ1v) is 5.45. The molecule has 0 aromatic heterocycles. The molecule has 1 aromatic carbocycles. The first-order valence-electron chi connectivity index (χ1n) is 5.45. The van der Waals surface area contributed by atoms with Gasteiger partial charge in [-0.3, -0.25) is 0 Å². The number of hydrogen-bond acceptors (Lipinski definition) is 2. The van der Waals surface area contributed by atoms with E-state index in [4.69, 9.17) is 9.47 Å². The Balaban J connectivity index is 3.03. The molecule has 1 unspecified atom stereocenters. The Hall–Kier alpha value is -1.69. The summed E-state index contributed by atoms with van der Waals surface area (Å²) < 4.78 is 23.9. The lowest BCUT2D eigenvalue weighted by Gasteiger charge is -2.12. The van der Waals surface area contributed by atoms with Gasteiger partial charge in [0.2, 0.25) is 0 Å². The molecule has 0 aliphatic carbocycles. The lowest BCUT2D eigenvalue weighted by Crippen LogP contribution is -2.01. The number of methoxy groups -OCH3 is 2. The maximum absolute atomic E-state index is 13.8. The van der Waals surface area contributed by atoms with E-state index < -0.39 is 0 Å². The van der Waals surface area contributed by atoms with E-state index in [1.165, 1.54) is 20.3 Å². The van der Waals surface area contributed by atoms with Gasteiger partial charge in [-0.2, -0.15) is 0 Å². The van der Waals surface area contributed by atoms with Crippen LogP contribution in [0.25, 0.3) is 0 Å². The summed E-state index contributed by atoms with van der Waals surface area (Å²) >= 11 is 0. The second-order valence-corrected chi connectivity index (χ2v) is 3.80. The predicted octanol–water partition coefficient (Wildman–Crippen LogP) is 3.04. The molecule has 0 heterocycles. The molecule has 0 aliphatic heterocycles. The van der Waals surface area contributed by atoms with Crippen molar-refractivity contribution in [3.05, 3.63) is 23.5 Å². The summed E-state index contributed by atoms with van der Waals surface area (Å²) in [6.45, 7) is 3.74. The SMILES string of the molecule is CC#CC(C)Cc1cc(OC)c(OC)cc1F. The van der Waals surface area contributed by atoms with Gasteiger partial charge in [-0.1, -0.05) is 6.92 Å². The minimum Gasteiger partial charge on any atom is -0.493 e. The Morgan fingerprint density at radius 1 is 1.24 bits per heavy atom. The average molecular weight is 236 g/mol. The van der Waals surface area contributed by atoms with Crippen LogP contribution in [0, 0.1) is 23.6 Å². The summed E-state index contributed by atoms with van der Waals surface area (Å²) in [5.74, 6) is 6.61. The molecule has 0 spiro atoms. The maximum Gasteiger partial charge on any atom is 0.163 e. The minimum absolute atomic E-state index is 0.118. The van der Waals surface area contributed by atoms with Crippen LogP contribution in [0.1, 0.15) is 19.4 Å². The van der Waals surface area contributed by atoms with Gasteiger partial charge in [-0.15, -0.1) is 11.8 Å². The first kappa shape index (κ1) is 13.4. The Morgan fingerprint density at radius 2 is 1.82 bits per heavy atom. The molecule has 17 heavy (non-hydrogen) atoms. The van der Waals surface area contributed by atoms with Crippen molar-refractivity contribution in [2.75, 3.05) is 14.2 Å². The molecule has 1 aromatic rings. The fraction of sp³-hybridized carbons (Fsp3) is 0.429. The molecule has 0 saturated carbocycles. The van der Waals surface area contributed by atoms with Crippen LogP contribution < -0.4 is 9.47 Å². The molecule has 0 aliphatic rings. The maximum atomic E-state index is 13.8. The van der Waals surface area contributed by atoms with Crippen molar-refractivity contribution in [1.29, 1.82) is 0 Å².